The molecular weight excluding hydrogens is 354 g/mol. The van der Waals surface area contributed by atoms with Crippen LogP contribution in [0.3, 0.4) is 0 Å². The minimum absolute atomic E-state index is 0.117. The predicted molar refractivity (Wildman–Crippen MR) is 110 cm³/mol. The second-order valence-corrected chi connectivity index (χ2v) is 7.06. The van der Waals surface area contributed by atoms with Gasteiger partial charge in [-0.25, -0.2) is 0 Å². The van der Waals surface area contributed by atoms with Gasteiger partial charge in [0.25, 0.3) is 0 Å². The molecular formula is C22H25N3O3. The topological polar surface area (TPSA) is 74.6 Å². The van der Waals surface area contributed by atoms with E-state index >= 15 is 0 Å². The molecule has 0 fully saturated rings. The molecule has 0 bridgehead atoms. The van der Waals surface area contributed by atoms with Gasteiger partial charge in [-0.15, -0.1) is 0 Å². The van der Waals surface area contributed by atoms with Crippen molar-refractivity contribution in [2.24, 2.45) is 0 Å². The summed E-state index contributed by atoms with van der Waals surface area (Å²) < 4.78 is 5.78. The molecule has 2 N–H and O–H groups in total. The monoisotopic (exact) mass is 379 g/mol. The van der Waals surface area contributed by atoms with E-state index in [-0.39, 0.29) is 30.9 Å². The maximum Gasteiger partial charge on any atom is 0.238 e. The number of hydrogen-bond donors (Lipinski definition) is 2. The Balaban J connectivity index is 1.48. The first-order valence-corrected chi connectivity index (χ1v) is 9.23. The molecule has 0 aliphatic rings. The second kappa shape index (κ2) is 8.71. The predicted octanol–water partition coefficient (Wildman–Crippen LogP) is 3.49. The Morgan fingerprint density at radius 2 is 1.71 bits per heavy atom. The normalized spacial score (nSPS) is 12.1. The lowest BCUT2D eigenvalue weighted by Crippen LogP contribution is -2.39. The molecule has 0 aliphatic heterocycles. The molecule has 3 rings (SSSR count). The van der Waals surface area contributed by atoms with Crippen LogP contribution < -0.4 is 10.6 Å². The van der Waals surface area contributed by atoms with Crippen LogP contribution in [0, 0.1) is 6.92 Å². The number of fused-ring (bicyclic) bond motifs is 1. The van der Waals surface area contributed by atoms with Crippen molar-refractivity contribution in [2.45, 2.75) is 19.9 Å². The molecule has 1 aromatic heterocycles. The van der Waals surface area contributed by atoms with Crippen LogP contribution in [0.5, 0.6) is 0 Å². The summed E-state index contributed by atoms with van der Waals surface area (Å²) in [6.45, 7) is 4.11. The Morgan fingerprint density at radius 3 is 2.43 bits per heavy atom. The quantitative estimate of drug-likeness (QED) is 0.659. The number of aryl methyl sites for hydroxylation is 1. The van der Waals surface area contributed by atoms with Crippen LogP contribution in [0.4, 0.5) is 5.69 Å². The molecule has 2 aromatic carbocycles. The van der Waals surface area contributed by atoms with Crippen LogP contribution in [-0.4, -0.2) is 36.9 Å². The average Bonchev–Trinajstić information content (AvgIpc) is 3.07. The summed E-state index contributed by atoms with van der Waals surface area (Å²) in [5, 5.41) is 6.74. The molecule has 1 heterocycles. The lowest BCUT2D eigenvalue weighted by atomic mass is 10.2. The number of likely N-dealkylation sites (N-methyl/N-ethyl adjacent to an activating group) is 1. The van der Waals surface area contributed by atoms with Crippen molar-refractivity contribution in [3.8, 4) is 0 Å². The zero-order chi connectivity index (χ0) is 20.1. The van der Waals surface area contributed by atoms with Gasteiger partial charge >= 0.3 is 0 Å². The first kappa shape index (κ1) is 19.6. The van der Waals surface area contributed by atoms with E-state index in [9.17, 15) is 9.59 Å². The van der Waals surface area contributed by atoms with Crippen molar-refractivity contribution in [1.82, 2.24) is 10.2 Å². The van der Waals surface area contributed by atoms with Crippen LogP contribution >= 0.6 is 0 Å². The molecule has 146 valence electrons. The van der Waals surface area contributed by atoms with Gasteiger partial charge in [-0.05, 0) is 45.2 Å². The third-order valence-corrected chi connectivity index (χ3v) is 4.41. The number of nitrogens with one attached hydrogen (secondary N) is 2. The van der Waals surface area contributed by atoms with E-state index in [1.165, 1.54) is 0 Å². The van der Waals surface area contributed by atoms with E-state index in [0.717, 1.165) is 22.2 Å². The third kappa shape index (κ3) is 5.20. The average molecular weight is 379 g/mol. The number of para-hydroxylation sites is 1. The van der Waals surface area contributed by atoms with Gasteiger partial charge in [0.15, 0.2) is 0 Å². The molecule has 0 saturated carbocycles. The van der Waals surface area contributed by atoms with Gasteiger partial charge in [-0.2, -0.15) is 0 Å². The number of nitrogens with zero attached hydrogens (tertiary/aromatic N) is 1. The first-order chi connectivity index (χ1) is 13.4. The van der Waals surface area contributed by atoms with Gasteiger partial charge in [0.2, 0.25) is 11.8 Å². The van der Waals surface area contributed by atoms with Gasteiger partial charge in [0.1, 0.15) is 11.3 Å². The number of hydrogen-bond acceptors (Lipinski definition) is 4. The van der Waals surface area contributed by atoms with Crippen molar-refractivity contribution >= 4 is 28.5 Å². The molecule has 0 spiro atoms. The third-order valence-electron chi connectivity index (χ3n) is 4.41. The van der Waals surface area contributed by atoms with Crippen LogP contribution in [0.1, 0.15) is 24.3 Å². The van der Waals surface area contributed by atoms with Crippen molar-refractivity contribution in [2.75, 3.05) is 25.5 Å². The van der Waals surface area contributed by atoms with Gasteiger partial charge in [-0.1, -0.05) is 35.9 Å². The molecule has 6 heteroatoms. The largest absolute Gasteiger partial charge is 0.459 e. The zero-order valence-electron chi connectivity index (χ0n) is 16.4. The fourth-order valence-corrected chi connectivity index (χ4v) is 2.96. The molecule has 0 saturated heterocycles. The number of rotatable bonds is 7. The van der Waals surface area contributed by atoms with E-state index in [0.29, 0.717) is 5.76 Å². The Bertz CT molecular complexity index is 930. The number of amides is 2. The SMILES string of the molecule is Cc1ccc(NC(=O)CN(C)CC(=O)N[C@@H](C)c2cc3ccccc3o2)cc1. The number of furan rings is 1. The Kier molecular flexibility index (Phi) is 6.11. The van der Waals surface area contributed by atoms with E-state index in [1.54, 1.807) is 11.9 Å². The second-order valence-electron chi connectivity index (χ2n) is 7.06. The summed E-state index contributed by atoms with van der Waals surface area (Å²) in [7, 11) is 1.74. The molecule has 0 aliphatic carbocycles. The fraction of sp³-hybridized carbons (Fsp3) is 0.273. The maximum atomic E-state index is 12.3. The summed E-state index contributed by atoms with van der Waals surface area (Å²) in [6.07, 6.45) is 0. The lowest BCUT2D eigenvalue weighted by Gasteiger charge is -2.18. The molecule has 0 radical (unpaired) electrons. The van der Waals surface area contributed by atoms with E-state index in [2.05, 4.69) is 10.6 Å². The van der Waals surface area contributed by atoms with Crippen LogP contribution in [0.2, 0.25) is 0 Å². The number of benzene rings is 2. The number of carbonyl (C=O) groups is 2. The number of anilines is 1. The van der Waals surface area contributed by atoms with Crippen molar-refractivity contribution < 1.29 is 14.0 Å². The highest BCUT2D eigenvalue weighted by Gasteiger charge is 2.16. The summed E-state index contributed by atoms with van der Waals surface area (Å²) in [4.78, 5) is 26.1. The highest BCUT2D eigenvalue weighted by atomic mass is 16.3. The Labute approximate surface area is 164 Å². The minimum Gasteiger partial charge on any atom is -0.459 e. The zero-order valence-corrected chi connectivity index (χ0v) is 16.4. The van der Waals surface area contributed by atoms with E-state index in [4.69, 9.17) is 4.42 Å². The molecule has 0 unspecified atom stereocenters. The van der Waals surface area contributed by atoms with Gasteiger partial charge in [0.05, 0.1) is 19.1 Å². The fourth-order valence-electron chi connectivity index (χ4n) is 2.96. The summed E-state index contributed by atoms with van der Waals surface area (Å²) in [6, 6.07) is 17.0. The van der Waals surface area contributed by atoms with Gasteiger partial charge < -0.3 is 15.1 Å². The van der Waals surface area contributed by atoms with Gasteiger partial charge in [0, 0.05) is 11.1 Å². The molecule has 3 aromatic rings. The highest BCUT2D eigenvalue weighted by Crippen LogP contribution is 2.23. The highest BCUT2D eigenvalue weighted by molar-refractivity contribution is 5.92. The van der Waals surface area contributed by atoms with E-state index < -0.39 is 0 Å². The lowest BCUT2D eigenvalue weighted by molar-refractivity contribution is -0.123. The van der Waals surface area contributed by atoms with Crippen LogP contribution in [0.15, 0.2) is 59.0 Å². The Morgan fingerprint density at radius 1 is 1.04 bits per heavy atom. The summed E-state index contributed by atoms with van der Waals surface area (Å²) in [5.74, 6) is 0.373. The molecule has 1 atom stereocenters. The molecule has 2 amide bonds. The maximum absolute atomic E-state index is 12.3. The van der Waals surface area contributed by atoms with Crippen molar-refractivity contribution in [3.05, 3.63) is 65.9 Å². The first-order valence-electron chi connectivity index (χ1n) is 9.23. The molecule has 6 nitrogen and oxygen atoms in total. The van der Waals surface area contributed by atoms with Gasteiger partial charge in [-0.3, -0.25) is 14.5 Å². The summed E-state index contributed by atoms with van der Waals surface area (Å²) >= 11 is 0. The minimum atomic E-state index is -0.255. The van der Waals surface area contributed by atoms with Crippen LogP contribution in [0.25, 0.3) is 11.0 Å². The summed E-state index contributed by atoms with van der Waals surface area (Å²) in [5.41, 5.74) is 2.67. The Hall–Kier alpha value is -3.12. The van der Waals surface area contributed by atoms with Crippen molar-refractivity contribution in [1.29, 1.82) is 0 Å². The van der Waals surface area contributed by atoms with E-state index in [1.807, 2.05) is 68.4 Å². The smallest absolute Gasteiger partial charge is 0.238 e. The number of carbonyl (C=O) groups excluding carboxylic acids is 2. The molecule has 28 heavy (non-hydrogen) atoms. The van der Waals surface area contributed by atoms with Crippen molar-refractivity contribution in [3.63, 3.8) is 0 Å². The van der Waals surface area contributed by atoms with Crippen LogP contribution in [-0.2, 0) is 9.59 Å². The standard InChI is InChI=1S/C22H25N3O3/c1-15-8-10-18(11-9-15)24-22(27)14-25(3)13-21(26)23-16(2)20-12-17-6-4-5-7-19(17)28-20/h4-12,16H,13-14H2,1-3H3,(H,23,26)(H,24,27)/t16-/m0/s1.